The molecule has 2 aromatic heterocycles. The summed E-state index contributed by atoms with van der Waals surface area (Å²) in [4.78, 5) is 31.7. The van der Waals surface area contributed by atoms with Gasteiger partial charge in [0.15, 0.2) is 0 Å². The average Bonchev–Trinajstić information content (AvgIpc) is 3.20. The molecule has 1 aliphatic rings. The first kappa shape index (κ1) is 25.7. The lowest BCUT2D eigenvalue weighted by molar-refractivity contribution is -0.0456. The molecule has 0 bridgehead atoms. The number of pyridine rings is 1. The van der Waals surface area contributed by atoms with Gasteiger partial charge in [-0.05, 0) is 69.5 Å². The Balaban J connectivity index is 1.66. The number of benzene rings is 1. The number of morpholine rings is 1. The maximum Gasteiger partial charge on any atom is 0.410 e. The first-order valence-corrected chi connectivity index (χ1v) is 12.5. The summed E-state index contributed by atoms with van der Waals surface area (Å²) in [6.07, 6.45) is 2.86. The zero-order valence-electron chi connectivity index (χ0n) is 22.1. The van der Waals surface area contributed by atoms with Crippen LogP contribution in [0.3, 0.4) is 0 Å². The molecule has 0 spiro atoms. The predicted octanol–water partition coefficient (Wildman–Crippen LogP) is 4.55. The van der Waals surface area contributed by atoms with E-state index in [1.807, 2.05) is 59.0 Å². The van der Waals surface area contributed by atoms with Gasteiger partial charge in [-0.2, -0.15) is 0 Å². The smallest absolute Gasteiger partial charge is 0.410 e. The Labute approximate surface area is 212 Å². The second-order valence-corrected chi connectivity index (χ2v) is 10.1. The zero-order chi connectivity index (χ0) is 26.0. The molecule has 0 unspecified atom stereocenters. The normalized spacial score (nSPS) is 16.3. The van der Waals surface area contributed by atoms with Crippen LogP contribution in [0.2, 0.25) is 0 Å². The molecule has 8 nitrogen and oxygen atoms in total. The Kier molecular flexibility index (Phi) is 7.36. The van der Waals surface area contributed by atoms with Crippen LogP contribution in [0.1, 0.15) is 54.4 Å². The van der Waals surface area contributed by atoms with Gasteiger partial charge in [-0.15, -0.1) is 0 Å². The second-order valence-electron chi connectivity index (χ2n) is 10.1. The summed E-state index contributed by atoms with van der Waals surface area (Å²) in [5.41, 5.74) is 5.89. The topological polar surface area (TPSA) is 85.2 Å². The van der Waals surface area contributed by atoms with Gasteiger partial charge >= 0.3 is 6.09 Å². The summed E-state index contributed by atoms with van der Waals surface area (Å²) in [6, 6.07) is 9.78. The van der Waals surface area contributed by atoms with Crippen LogP contribution >= 0.6 is 0 Å². The zero-order valence-corrected chi connectivity index (χ0v) is 22.1. The van der Waals surface area contributed by atoms with E-state index < -0.39 is 5.60 Å². The van der Waals surface area contributed by atoms with E-state index in [4.69, 9.17) is 14.5 Å². The molecule has 1 fully saturated rings. The third-order valence-corrected chi connectivity index (χ3v) is 6.88. The Morgan fingerprint density at radius 2 is 2.00 bits per heavy atom. The number of aryl methyl sites for hydroxylation is 2. The van der Waals surface area contributed by atoms with Crippen LogP contribution in [0.4, 0.5) is 4.79 Å². The summed E-state index contributed by atoms with van der Waals surface area (Å²) in [6.45, 7) is 11.3. The molecule has 1 aromatic carbocycles. The van der Waals surface area contributed by atoms with Gasteiger partial charge in [0.1, 0.15) is 11.2 Å². The Bertz CT molecular complexity index is 1280. The minimum absolute atomic E-state index is 0.121. The number of hydrogen-bond donors (Lipinski definition) is 1. The highest BCUT2D eigenvalue weighted by Crippen LogP contribution is 2.30. The van der Waals surface area contributed by atoms with E-state index in [1.54, 1.807) is 11.9 Å². The van der Waals surface area contributed by atoms with Crippen LogP contribution in [0.15, 0.2) is 36.5 Å². The fourth-order valence-corrected chi connectivity index (χ4v) is 4.42. The fraction of sp³-hybridized carbons (Fsp3) is 0.464. The molecular formula is C28H36N4O4. The van der Waals surface area contributed by atoms with E-state index in [1.165, 1.54) is 0 Å². The number of fused-ring (bicyclic) bond motifs is 1. The van der Waals surface area contributed by atoms with Crippen molar-refractivity contribution in [3.8, 4) is 11.3 Å². The lowest BCUT2D eigenvalue weighted by atomic mass is 9.99. The maximum absolute atomic E-state index is 12.8. The third kappa shape index (κ3) is 5.38. The highest BCUT2D eigenvalue weighted by atomic mass is 16.6. The van der Waals surface area contributed by atoms with Gasteiger partial charge in [-0.25, -0.2) is 9.78 Å². The van der Waals surface area contributed by atoms with E-state index in [0.717, 1.165) is 40.1 Å². The molecule has 1 N–H and O–H groups in total. The number of nitrogens with one attached hydrogen (secondary N) is 1. The largest absolute Gasteiger partial charge is 0.443 e. The van der Waals surface area contributed by atoms with Gasteiger partial charge in [-0.3, -0.25) is 4.79 Å². The number of nitrogens with zero attached hydrogens (tertiary/aromatic N) is 3. The van der Waals surface area contributed by atoms with Crippen molar-refractivity contribution >= 4 is 17.6 Å². The summed E-state index contributed by atoms with van der Waals surface area (Å²) < 4.78 is 13.9. The van der Waals surface area contributed by atoms with E-state index in [2.05, 4.69) is 21.9 Å². The van der Waals surface area contributed by atoms with E-state index in [-0.39, 0.29) is 18.1 Å². The molecule has 192 valence electrons. The van der Waals surface area contributed by atoms with Crippen LogP contribution in [-0.4, -0.2) is 64.7 Å². The van der Waals surface area contributed by atoms with Crippen LogP contribution in [0.5, 0.6) is 0 Å². The summed E-state index contributed by atoms with van der Waals surface area (Å²) >= 11 is 0. The number of carbonyl (C=O) groups is 2. The van der Waals surface area contributed by atoms with E-state index in [9.17, 15) is 9.59 Å². The molecule has 3 heterocycles. The van der Waals surface area contributed by atoms with E-state index in [0.29, 0.717) is 31.7 Å². The Morgan fingerprint density at radius 1 is 1.22 bits per heavy atom. The van der Waals surface area contributed by atoms with Crippen LogP contribution in [-0.2, 0) is 15.9 Å². The predicted molar refractivity (Wildman–Crippen MR) is 139 cm³/mol. The minimum atomic E-state index is -0.504. The quantitative estimate of drug-likeness (QED) is 0.546. The number of carbonyl (C=O) groups excluding carboxylic acids is 2. The van der Waals surface area contributed by atoms with E-state index >= 15 is 0 Å². The van der Waals surface area contributed by atoms with Crippen LogP contribution in [0, 0.1) is 13.8 Å². The number of hydrogen-bond acceptors (Lipinski definition) is 5. The molecule has 1 saturated heterocycles. The monoisotopic (exact) mass is 492 g/mol. The molecule has 0 aliphatic carbocycles. The number of aromatic nitrogens is 2. The van der Waals surface area contributed by atoms with Crippen molar-refractivity contribution in [2.75, 3.05) is 26.7 Å². The van der Waals surface area contributed by atoms with Crippen molar-refractivity contribution in [2.24, 2.45) is 0 Å². The van der Waals surface area contributed by atoms with Gasteiger partial charge in [0.2, 0.25) is 0 Å². The second kappa shape index (κ2) is 10.3. The Hall–Kier alpha value is -3.39. The summed E-state index contributed by atoms with van der Waals surface area (Å²) in [5.74, 6) is -0.121. The van der Waals surface area contributed by atoms with Crippen LogP contribution < -0.4 is 5.32 Å². The number of amides is 2. The van der Waals surface area contributed by atoms with Gasteiger partial charge in [0.05, 0.1) is 30.6 Å². The molecule has 1 aliphatic heterocycles. The lowest BCUT2D eigenvalue weighted by Gasteiger charge is -2.35. The van der Waals surface area contributed by atoms with Crippen molar-refractivity contribution in [1.29, 1.82) is 0 Å². The van der Waals surface area contributed by atoms with Crippen molar-refractivity contribution in [3.63, 3.8) is 0 Å². The van der Waals surface area contributed by atoms with Crippen molar-refractivity contribution in [3.05, 3.63) is 58.9 Å². The first-order valence-electron chi connectivity index (χ1n) is 12.5. The fourth-order valence-electron chi connectivity index (χ4n) is 4.42. The standard InChI is InChI=1S/C28H36N4O4/c1-7-28(4,5)36-27(34)31-12-13-35-21(17-31)16-23-25(30-24-14-18(2)10-11-32(23)24)22-9-8-20(15-19(22)3)26(33)29-6/h8-11,14-15,21H,7,12-13,16-17H2,1-6H3,(H,29,33)/t21-/m0/s1. The Morgan fingerprint density at radius 3 is 2.69 bits per heavy atom. The number of imidazole rings is 1. The minimum Gasteiger partial charge on any atom is -0.443 e. The molecule has 1 atom stereocenters. The van der Waals surface area contributed by atoms with Crippen LogP contribution in [0.25, 0.3) is 16.9 Å². The van der Waals surface area contributed by atoms with Crippen molar-refractivity contribution < 1.29 is 19.1 Å². The van der Waals surface area contributed by atoms with Gasteiger partial charge in [0.25, 0.3) is 5.91 Å². The SMILES string of the molecule is CCC(C)(C)OC(=O)N1CCO[C@@H](Cc2c(-c3ccc(C(=O)NC)cc3C)nc3cc(C)ccn23)C1. The molecule has 4 rings (SSSR count). The molecule has 0 saturated carbocycles. The molecule has 3 aromatic rings. The number of ether oxygens (including phenoxy) is 2. The maximum atomic E-state index is 12.8. The number of rotatable bonds is 6. The molecule has 2 amide bonds. The van der Waals surface area contributed by atoms with Gasteiger partial charge < -0.3 is 24.1 Å². The summed E-state index contributed by atoms with van der Waals surface area (Å²) in [5, 5.41) is 2.67. The molecule has 8 heteroatoms. The first-order chi connectivity index (χ1) is 17.1. The molecule has 0 radical (unpaired) electrons. The van der Waals surface area contributed by atoms with Gasteiger partial charge in [0, 0.05) is 37.3 Å². The molecular weight excluding hydrogens is 456 g/mol. The third-order valence-electron chi connectivity index (χ3n) is 6.88. The molecule has 36 heavy (non-hydrogen) atoms. The summed E-state index contributed by atoms with van der Waals surface area (Å²) in [7, 11) is 1.63. The van der Waals surface area contributed by atoms with Gasteiger partial charge in [-0.1, -0.05) is 13.0 Å². The average molecular weight is 493 g/mol. The highest BCUT2D eigenvalue weighted by Gasteiger charge is 2.31. The lowest BCUT2D eigenvalue weighted by Crippen LogP contribution is -2.48. The highest BCUT2D eigenvalue weighted by molar-refractivity contribution is 5.95. The van der Waals surface area contributed by atoms with Crippen molar-refractivity contribution in [1.82, 2.24) is 19.6 Å². The van der Waals surface area contributed by atoms with Crippen molar-refractivity contribution in [2.45, 2.75) is 59.2 Å².